The standard InChI is InChI=1S/C15H21NO3S/c1-10-4-6-11(7-5-10)20(18,19)16-8-12-13(9-16)15(2,3)14(12)17/h4-7,12-14,17H,8-9H2,1-3H3/t12-,13+,14-/m1/s1. The van der Waals surface area contributed by atoms with Crippen molar-refractivity contribution in [2.45, 2.75) is 31.8 Å². The molecule has 1 N–H and O–H groups in total. The quantitative estimate of drug-likeness (QED) is 0.902. The third kappa shape index (κ3) is 1.84. The van der Waals surface area contributed by atoms with Gasteiger partial charge in [0, 0.05) is 19.0 Å². The van der Waals surface area contributed by atoms with Crippen molar-refractivity contribution in [3.8, 4) is 0 Å². The number of benzene rings is 1. The Kier molecular flexibility index (Phi) is 3.01. The van der Waals surface area contributed by atoms with Crippen molar-refractivity contribution in [3.05, 3.63) is 29.8 Å². The molecular weight excluding hydrogens is 274 g/mol. The van der Waals surface area contributed by atoms with Crippen LogP contribution >= 0.6 is 0 Å². The fraction of sp³-hybridized carbons (Fsp3) is 0.600. The zero-order valence-corrected chi connectivity index (χ0v) is 12.9. The first-order chi connectivity index (χ1) is 9.24. The van der Waals surface area contributed by atoms with E-state index in [9.17, 15) is 13.5 Å². The van der Waals surface area contributed by atoms with Gasteiger partial charge >= 0.3 is 0 Å². The second-order valence-electron chi connectivity index (χ2n) is 6.67. The van der Waals surface area contributed by atoms with Crippen LogP contribution in [-0.2, 0) is 10.0 Å². The van der Waals surface area contributed by atoms with Crippen LogP contribution in [0.3, 0.4) is 0 Å². The van der Waals surface area contributed by atoms with Gasteiger partial charge in [0.15, 0.2) is 0 Å². The Morgan fingerprint density at radius 3 is 2.35 bits per heavy atom. The molecule has 1 heterocycles. The summed E-state index contributed by atoms with van der Waals surface area (Å²) in [5.41, 5.74) is 0.865. The Balaban J connectivity index is 1.86. The summed E-state index contributed by atoms with van der Waals surface area (Å²) >= 11 is 0. The van der Waals surface area contributed by atoms with Crippen LogP contribution in [-0.4, -0.2) is 37.0 Å². The maximum atomic E-state index is 12.6. The van der Waals surface area contributed by atoms with Crippen LogP contribution in [0.2, 0.25) is 0 Å². The van der Waals surface area contributed by atoms with E-state index in [-0.39, 0.29) is 17.3 Å². The average Bonchev–Trinajstić information content (AvgIpc) is 2.82. The van der Waals surface area contributed by atoms with Crippen LogP contribution < -0.4 is 0 Å². The Bertz CT molecular complexity index is 621. The molecule has 0 spiro atoms. The third-order valence-corrected chi connectivity index (χ3v) is 6.96. The van der Waals surface area contributed by atoms with E-state index in [0.29, 0.717) is 18.0 Å². The molecule has 1 saturated heterocycles. The van der Waals surface area contributed by atoms with Crippen LogP contribution in [0.1, 0.15) is 19.4 Å². The summed E-state index contributed by atoms with van der Waals surface area (Å²) in [4.78, 5) is 0.344. The number of sulfonamides is 1. The third-order valence-electron chi connectivity index (χ3n) is 5.11. The Morgan fingerprint density at radius 2 is 1.80 bits per heavy atom. The predicted octanol–water partition coefficient (Wildman–Crippen LogP) is 1.63. The van der Waals surface area contributed by atoms with Crippen LogP contribution in [0.4, 0.5) is 0 Å². The maximum absolute atomic E-state index is 12.6. The average molecular weight is 295 g/mol. The highest BCUT2D eigenvalue weighted by Crippen LogP contribution is 2.55. The van der Waals surface area contributed by atoms with Gasteiger partial charge in [-0.15, -0.1) is 0 Å². The Morgan fingerprint density at radius 1 is 1.20 bits per heavy atom. The molecule has 20 heavy (non-hydrogen) atoms. The number of fused-ring (bicyclic) bond motifs is 1. The first-order valence-electron chi connectivity index (χ1n) is 6.99. The van der Waals surface area contributed by atoms with Crippen molar-refractivity contribution in [1.29, 1.82) is 0 Å². The van der Waals surface area contributed by atoms with Crippen molar-refractivity contribution in [3.63, 3.8) is 0 Å². The van der Waals surface area contributed by atoms with Gasteiger partial charge in [-0.2, -0.15) is 4.31 Å². The minimum Gasteiger partial charge on any atom is -0.392 e. The molecular formula is C15H21NO3S. The Hall–Kier alpha value is -0.910. The summed E-state index contributed by atoms with van der Waals surface area (Å²) in [5, 5.41) is 10.1. The fourth-order valence-corrected chi connectivity index (χ4v) is 5.11. The van der Waals surface area contributed by atoms with Gasteiger partial charge in [-0.3, -0.25) is 0 Å². The van der Waals surface area contributed by atoms with Gasteiger partial charge in [0.1, 0.15) is 0 Å². The number of nitrogens with zero attached hydrogens (tertiary/aromatic N) is 1. The van der Waals surface area contributed by atoms with Crippen molar-refractivity contribution in [2.24, 2.45) is 17.3 Å². The van der Waals surface area contributed by atoms with Crippen LogP contribution in [0.15, 0.2) is 29.2 Å². The normalized spacial score (nSPS) is 32.7. The second kappa shape index (κ2) is 4.29. The molecule has 3 atom stereocenters. The highest BCUT2D eigenvalue weighted by molar-refractivity contribution is 7.89. The minimum atomic E-state index is -3.43. The highest BCUT2D eigenvalue weighted by Gasteiger charge is 2.60. The predicted molar refractivity (Wildman–Crippen MR) is 76.7 cm³/mol. The molecule has 110 valence electrons. The van der Waals surface area contributed by atoms with E-state index in [1.54, 1.807) is 12.1 Å². The van der Waals surface area contributed by atoms with E-state index in [1.165, 1.54) is 4.31 Å². The minimum absolute atomic E-state index is 0.0882. The molecule has 5 heteroatoms. The van der Waals surface area contributed by atoms with Gasteiger partial charge in [-0.05, 0) is 30.4 Å². The molecule has 1 aliphatic carbocycles. The van der Waals surface area contributed by atoms with Crippen LogP contribution in [0, 0.1) is 24.2 Å². The van der Waals surface area contributed by atoms with Gasteiger partial charge in [0.25, 0.3) is 0 Å². The largest absolute Gasteiger partial charge is 0.392 e. The summed E-state index contributed by atoms with van der Waals surface area (Å²) < 4.78 is 26.8. The molecule has 1 aromatic carbocycles. The smallest absolute Gasteiger partial charge is 0.243 e. The fourth-order valence-electron chi connectivity index (χ4n) is 3.61. The van der Waals surface area contributed by atoms with Crippen molar-refractivity contribution < 1.29 is 13.5 Å². The molecule has 2 aliphatic rings. The lowest BCUT2D eigenvalue weighted by Crippen LogP contribution is -2.57. The van der Waals surface area contributed by atoms with Crippen LogP contribution in [0.25, 0.3) is 0 Å². The highest BCUT2D eigenvalue weighted by atomic mass is 32.2. The van der Waals surface area contributed by atoms with Gasteiger partial charge in [-0.25, -0.2) is 8.42 Å². The molecule has 0 amide bonds. The lowest BCUT2D eigenvalue weighted by molar-refractivity contribution is -0.135. The first kappa shape index (κ1) is 14.0. The number of aliphatic hydroxyl groups excluding tert-OH is 1. The molecule has 1 aliphatic heterocycles. The summed E-state index contributed by atoms with van der Waals surface area (Å²) in [6.45, 7) is 6.92. The lowest BCUT2D eigenvalue weighted by atomic mass is 9.55. The zero-order chi connectivity index (χ0) is 14.7. The molecule has 1 saturated carbocycles. The van der Waals surface area contributed by atoms with Crippen molar-refractivity contribution in [2.75, 3.05) is 13.1 Å². The summed E-state index contributed by atoms with van der Waals surface area (Å²) in [6, 6.07) is 6.95. The molecule has 0 unspecified atom stereocenters. The molecule has 1 aromatic rings. The number of aryl methyl sites for hydroxylation is 1. The summed E-state index contributed by atoms with van der Waals surface area (Å²) in [5.74, 6) is 0.350. The van der Waals surface area contributed by atoms with Gasteiger partial charge < -0.3 is 5.11 Å². The van der Waals surface area contributed by atoms with Crippen LogP contribution in [0.5, 0.6) is 0 Å². The van der Waals surface area contributed by atoms with E-state index < -0.39 is 16.1 Å². The molecule has 0 bridgehead atoms. The number of hydrogen-bond acceptors (Lipinski definition) is 3. The van der Waals surface area contributed by atoms with E-state index in [4.69, 9.17) is 0 Å². The lowest BCUT2D eigenvalue weighted by Gasteiger charge is -2.52. The second-order valence-corrected chi connectivity index (χ2v) is 8.61. The van der Waals surface area contributed by atoms with E-state index >= 15 is 0 Å². The van der Waals surface area contributed by atoms with E-state index in [0.717, 1.165) is 5.56 Å². The number of aliphatic hydroxyl groups is 1. The van der Waals surface area contributed by atoms with Crippen molar-refractivity contribution in [1.82, 2.24) is 4.31 Å². The molecule has 0 aromatic heterocycles. The molecule has 4 nitrogen and oxygen atoms in total. The summed E-state index contributed by atoms with van der Waals surface area (Å²) in [7, 11) is -3.43. The summed E-state index contributed by atoms with van der Waals surface area (Å²) in [6.07, 6.45) is -0.397. The SMILES string of the molecule is Cc1ccc(S(=O)(=O)N2C[C@H]3[C@@H](O)C(C)(C)[C@H]3C2)cc1. The van der Waals surface area contributed by atoms with Crippen molar-refractivity contribution >= 4 is 10.0 Å². The first-order valence-corrected chi connectivity index (χ1v) is 8.43. The van der Waals surface area contributed by atoms with Gasteiger partial charge in [0.05, 0.1) is 11.0 Å². The van der Waals surface area contributed by atoms with E-state index in [1.807, 2.05) is 32.9 Å². The molecule has 0 radical (unpaired) electrons. The molecule has 2 fully saturated rings. The molecule has 3 rings (SSSR count). The number of hydrogen-bond donors (Lipinski definition) is 1. The van der Waals surface area contributed by atoms with E-state index in [2.05, 4.69) is 0 Å². The van der Waals surface area contributed by atoms with Gasteiger partial charge in [0.2, 0.25) is 10.0 Å². The zero-order valence-electron chi connectivity index (χ0n) is 12.1. The maximum Gasteiger partial charge on any atom is 0.243 e. The Labute approximate surface area is 120 Å². The number of rotatable bonds is 2. The van der Waals surface area contributed by atoms with Gasteiger partial charge in [-0.1, -0.05) is 31.5 Å². The monoisotopic (exact) mass is 295 g/mol. The topological polar surface area (TPSA) is 57.6 Å².